The highest BCUT2D eigenvalue weighted by Gasteiger charge is 2.43. The molecule has 176 valence electrons. The Labute approximate surface area is 195 Å². The summed E-state index contributed by atoms with van der Waals surface area (Å²) in [5.41, 5.74) is 2.33. The van der Waals surface area contributed by atoms with E-state index in [2.05, 4.69) is 10.2 Å². The van der Waals surface area contributed by atoms with Gasteiger partial charge in [0.15, 0.2) is 0 Å². The number of amides is 2. The van der Waals surface area contributed by atoms with Crippen molar-refractivity contribution in [3.05, 3.63) is 71.3 Å². The zero-order valence-corrected chi connectivity index (χ0v) is 19.2. The Hall–Kier alpha value is -2.74. The van der Waals surface area contributed by atoms with E-state index in [9.17, 15) is 9.59 Å². The van der Waals surface area contributed by atoms with Gasteiger partial charge in [-0.3, -0.25) is 14.5 Å². The SMILES string of the molecule is COCCN1C(=O)c2ccccc2[C@H](C(=O)NCCCN2CCOCC2)[C@H]1c1ccccc1. The van der Waals surface area contributed by atoms with Crippen molar-refractivity contribution in [2.45, 2.75) is 18.4 Å². The lowest BCUT2D eigenvalue weighted by Crippen LogP contribution is -2.48. The highest BCUT2D eigenvalue weighted by molar-refractivity contribution is 6.01. The maximum absolute atomic E-state index is 13.6. The van der Waals surface area contributed by atoms with Gasteiger partial charge in [0.1, 0.15) is 0 Å². The van der Waals surface area contributed by atoms with E-state index in [1.807, 2.05) is 54.6 Å². The molecule has 4 rings (SSSR count). The first kappa shape index (κ1) is 23.4. The van der Waals surface area contributed by atoms with Gasteiger partial charge in [0.2, 0.25) is 5.91 Å². The molecule has 2 amide bonds. The molecule has 7 heteroatoms. The third-order valence-electron chi connectivity index (χ3n) is 6.45. The van der Waals surface area contributed by atoms with Crippen molar-refractivity contribution >= 4 is 11.8 Å². The molecule has 0 radical (unpaired) electrons. The van der Waals surface area contributed by atoms with Crippen LogP contribution in [0.3, 0.4) is 0 Å². The molecule has 7 nitrogen and oxygen atoms in total. The Morgan fingerprint density at radius 1 is 1.06 bits per heavy atom. The van der Waals surface area contributed by atoms with Gasteiger partial charge < -0.3 is 19.7 Å². The monoisotopic (exact) mass is 451 g/mol. The van der Waals surface area contributed by atoms with Gasteiger partial charge in [-0.05, 0) is 30.2 Å². The van der Waals surface area contributed by atoms with Gasteiger partial charge in [0, 0.05) is 38.9 Å². The summed E-state index contributed by atoms with van der Waals surface area (Å²) in [6.45, 7) is 5.79. The van der Waals surface area contributed by atoms with Crippen LogP contribution in [-0.2, 0) is 14.3 Å². The fraction of sp³-hybridized carbons (Fsp3) is 0.462. The summed E-state index contributed by atoms with van der Waals surface area (Å²) in [6.07, 6.45) is 0.877. The fourth-order valence-electron chi connectivity index (χ4n) is 4.78. The van der Waals surface area contributed by atoms with E-state index < -0.39 is 5.92 Å². The molecule has 2 aliphatic heterocycles. The molecule has 2 atom stereocenters. The van der Waals surface area contributed by atoms with Gasteiger partial charge in [0.05, 0.1) is 31.8 Å². The minimum Gasteiger partial charge on any atom is -0.383 e. The molecule has 2 heterocycles. The van der Waals surface area contributed by atoms with Crippen molar-refractivity contribution in [3.63, 3.8) is 0 Å². The third-order valence-corrected chi connectivity index (χ3v) is 6.45. The molecule has 0 aliphatic carbocycles. The summed E-state index contributed by atoms with van der Waals surface area (Å²) in [7, 11) is 1.62. The maximum atomic E-state index is 13.6. The lowest BCUT2D eigenvalue weighted by molar-refractivity contribution is -0.124. The molecule has 1 N–H and O–H groups in total. The van der Waals surface area contributed by atoms with Crippen LogP contribution in [0.5, 0.6) is 0 Å². The zero-order valence-electron chi connectivity index (χ0n) is 19.2. The van der Waals surface area contributed by atoms with Crippen molar-refractivity contribution in [2.24, 2.45) is 0 Å². The van der Waals surface area contributed by atoms with Gasteiger partial charge in [-0.15, -0.1) is 0 Å². The predicted octanol–water partition coefficient (Wildman–Crippen LogP) is 2.45. The van der Waals surface area contributed by atoms with Crippen molar-refractivity contribution in [1.29, 1.82) is 0 Å². The van der Waals surface area contributed by atoms with E-state index in [1.165, 1.54) is 0 Å². The number of fused-ring (bicyclic) bond motifs is 1. The van der Waals surface area contributed by atoms with Crippen molar-refractivity contribution in [1.82, 2.24) is 15.1 Å². The summed E-state index contributed by atoms with van der Waals surface area (Å²) in [4.78, 5) is 31.2. The number of carbonyl (C=O) groups is 2. The summed E-state index contributed by atoms with van der Waals surface area (Å²) in [5.74, 6) is -0.595. The van der Waals surface area contributed by atoms with Crippen LogP contribution in [0.25, 0.3) is 0 Å². The van der Waals surface area contributed by atoms with Crippen LogP contribution in [0.4, 0.5) is 0 Å². The van der Waals surface area contributed by atoms with Crippen molar-refractivity contribution in [3.8, 4) is 0 Å². The van der Waals surface area contributed by atoms with Crippen LogP contribution in [0.2, 0.25) is 0 Å². The molecule has 0 saturated carbocycles. The fourth-order valence-corrected chi connectivity index (χ4v) is 4.78. The second-order valence-corrected chi connectivity index (χ2v) is 8.51. The molecule has 0 spiro atoms. The van der Waals surface area contributed by atoms with Crippen molar-refractivity contribution < 1.29 is 19.1 Å². The van der Waals surface area contributed by atoms with Crippen LogP contribution in [-0.4, -0.2) is 81.3 Å². The average Bonchev–Trinajstić information content (AvgIpc) is 2.87. The Kier molecular flexibility index (Phi) is 8.10. The number of nitrogens with zero attached hydrogens (tertiary/aromatic N) is 2. The van der Waals surface area contributed by atoms with E-state index in [0.717, 1.165) is 50.4 Å². The lowest BCUT2D eigenvalue weighted by Gasteiger charge is -2.41. The summed E-state index contributed by atoms with van der Waals surface area (Å²) >= 11 is 0. The molecule has 1 fully saturated rings. The van der Waals surface area contributed by atoms with Crippen LogP contribution < -0.4 is 5.32 Å². The number of hydrogen-bond acceptors (Lipinski definition) is 5. The second kappa shape index (κ2) is 11.4. The first-order valence-corrected chi connectivity index (χ1v) is 11.7. The van der Waals surface area contributed by atoms with Gasteiger partial charge in [-0.1, -0.05) is 48.5 Å². The Morgan fingerprint density at radius 2 is 1.79 bits per heavy atom. The van der Waals surface area contributed by atoms with Crippen LogP contribution >= 0.6 is 0 Å². The zero-order chi connectivity index (χ0) is 23.0. The number of nitrogens with one attached hydrogen (secondary N) is 1. The summed E-state index contributed by atoms with van der Waals surface area (Å²) in [5, 5.41) is 3.16. The standard InChI is InChI=1S/C26H33N3O4/c1-32-17-16-29-24(20-8-3-2-4-9-20)23(21-10-5-6-11-22(21)26(29)31)25(30)27-12-7-13-28-14-18-33-19-15-28/h2-6,8-11,23-24H,7,12-19H2,1H3,(H,27,30)/t23-,24+/m0/s1. The first-order chi connectivity index (χ1) is 16.2. The molecular formula is C26H33N3O4. The molecule has 0 aromatic heterocycles. The average molecular weight is 452 g/mol. The minimum atomic E-state index is -0.485. The van der Waals surface area contributed by atoms with E-state index in [-0.39, 0.29) is 17.9 Å². The van der Waals surface area contributed by atoms with Crippen LogP contribution in [0.1, 0.15) is 39.9 Å². The topological polar surface area (TPSA) is 71.1 Å². The molecule has 2 aliphatic rings. The maximum Gasteiger partial charge on any atom is 0.254 e. The highest BCUT2D eigenvalue weighted by atomic mass is 16.5. The molecule has 2 aromatic carbocycles. The number of benzene rings is 2. The van der Waals surface area contributed by atoms with E-state index in [1.54, 1.807) is 12.0 Å². The Balaban J connectivity index is 1.57. The summed E-state index contributed by atoms with van der Waals surface area (Å²) in [6, 6.07) is 16.9. The van der Waals surface area contributed by atoms with Gasteiger partial charge in [-0.25, -0.2) is 0 Å². The number of hydrogen-bond donors (Lipinski definition) is 1. The van der Waals surface area contributed by atoms with Gasteiger partial charge in [0.25, 0.3) is 5.91 Å². The minimum absolute atomic E-state index is 0.0480. The Morgan fingerprint density at radius 3 is 2.55 bits per heavy atom. The second-order valence-electron chi connectivity index (χ2n) is 8.51. The summed E-state index contributed by atoms with van der Waals surface area (Å²) < 4.78 is 10.7. The Bertz CT molecular complexity index is 930. The quantitative estimate of drug-likeness (QED) is 0.593. The first-order valence-electron chi connectivity index (χ1n) is 11.7. The molecule has 1 saturated heterocycles. The van der Waals surface area contributed by atoms with Gasteiger partial charge in [-0.2, -0.15) is 0 Å². The smallest absolute Gasteiger partial charge is 0.254 e. The number of ether oxygens (including phenoxy) is 2. The molecule has 2 aromatic rings. The number of methoxy groups -OCH3 is 1. The number of rotatable bonds is 9. The number of morpholine rings is 1. The van der Waals surface area contributed by atoms with E-state index in [4.69, 9.17) is 9.47 Å². The molecule has 0 bridgehead atoms. The normalized spacial score (nSPS) is 21.0. The van der Waals surface area contributed by atoms with E-state index in [0.29, 0.717) is 25.3 Å². The number of carbonyl (C=O) groups excluding carboxylic acids is 2. The molecular weight excluding hydrogens is 418 g/mol. The predicted molar refractivity (Wildman–Crippen MR) is 126 cm³/mol. The molecule has 33 heavy (non-hydrogen) atoms. The van der Waals surface area contributed by atoms with Crippen molar-refractivity contribution in [2.75, 3.05) is 59.7 Å². The largest absolute Gasteiger partial charge is 0.383 e. The lowest BCUT2D eigenvalue weighted by atomic mass is 9.79. The van der Waals surface area contributed by atoms with E-state index >= 15 is 0 Å². The third kappa shape index (κ3) is 5.43. The molecule has 0 unspecified atom stereocenters. The van der Waals surface area contributed by atoms with Crippen LogP contribution in [0, 0.1) is 0 Å². The van der Waals surface area contributed by atoms with Gasteiger partial charge >= 0.3 is 0 Å². The van der Waals surface area contributed by atoms with Crippen LogP contribution in [0.15, 0.2) is 54.6 Å². The highest BCUT2D eigenvalue weighted by Crippen LogP contribution is 2.42.